The van der Waals surface area contributed by atoms with E-state index in [1.807, 2.05) is 13.0 Å². The Morgan fingerprint density at radius 1 is 1.22 bits per heavy atom. The summed E-state index contributed by atoms with van der Waals surface area (Å²) in [6.45, 7) is 9.07. The highest BCUT2D eigenvalue weighted by Crippen LogP contribution is 2.01. The van der Waals surface area contributed by atoms with Gasteiger partial charge in [0, 0.05) is 52.5 Å². The highest BCUT2D eigenvalue weighted by Gasteiger charge is 2.15. The molecule has 0 bridgehead atoms. The number of esters is 1. The lowest BCUT2D eigenvalue weighted by atomic mass is 10.3. The number of carbonyl (C=O) groups is 1. The molecule has 5 nitrogen and oxygen atoms in total. The van der Waals surface area contributed by atoms with E-state index in [2.05, 4.69) is 9.80 Å². The minimum Gasteiger partial charge on any atom is -0.463 e. The van der Waals surface area contributed by atoms with Crippen molar-refractivity contribution < 1.29 is 14.3 Å². The third-order valence-electron chi connectivity index (χ3n) is 2.98. The molecule has 0 aromatic heterocycles. The van der Waals surface area contributed by atoms with Gasteiger partial charge in [0.05, 0.1) is 13.2 Å². The molecule has 18 heavy (non-hydrogen) atoms. The summed E-state index contributed by atoms with van der Waals surface area (Å²) >= 11 is 0. The number of ether oxygens (including phenoxy) is 2. The molecule has 104 valence electrons. The molecule has 0 radical (unpaired) electrons. The van der Waals surface area contributed by atoms with Crippen LogP contribution in [-0.2, 0) is 14.3 Å². The summed E-state index contributed by atoms with van der Waals surface area (Å²) in [4.78, 5) is 15.8. The number of rotatable bonds is 7. The van der Waals surface area contributed by atoms with Gasteiger partial charge < -0.3 is 9.47 Å². The Kier molecular flexibility index (Phi) is 7.64. The van der Waals surface area contributed by atoms with Crippen molar-refractivity contribution in [1.82, 2.24) is 9.80 Å². The normalized spacial score (nSPS) is 18.3. The minimum absolute atomic E-state index is 0.253. The zero-order valence-corrected chi connectivity index (χ0v) is 11.4. The first-order valence-electron chi connectivity index (χ1n) is 6.53. The van der Waals surface area contributed by atoms with Crippen LogP contribution in [-0.4, -0.2) is 75.4 Å². The molecule has 0 aromatic carbocycles. The van der Waals surface area contributed by atoms with Gasteiger partial charge in [-0.3, -0.25) is 9.80 Å². The highest BCUT2D eigenvalue weighted by molar-refractivity contribution is 5.81. The number of hydrogen-bond donors (Lipinski definition) is 0. The summed E-state index contributed by atoms with van der Waals surface area (Å²) in [5.41, 5.74) is 0. The van der Waals surface area contributed by atoms with Crippen LogP contribution in [0.4, 0.5) is 0 Å². The molecule has 1 aliphatic heterocycles. The fraction of sp³-hybridized carbons (Fsp3) is 0.769. The highest BCUT2D eigenvalue weighted by atomic mass is 16.5. The maximum absolute atomic E-state index is 11.1. The van der Waals surface area contributed by atoms with E-state index in [0.717, 1.165) is 45.9 Å². The maximum atomic E-state index is 11.1. The zero-order chi connectivity index (χ0) is 13.2. The molecule has 5 heteroatoms. The molecule has 0 N–H and O–H groups in total. The van der Waals surface area contributed by atoms with Crippen LogP contribution in [0.3, 0.4) is 0 Å². The van der Waals surface area contributed by atoms with Crippen molar-refractivity contribution in [2.24, 2.45) is 0 Å². The van der Waals surface area contributed by atoms with Gasteiger partial charge in [-0.15, -0.1) is 0 Å². The van der Waals surface area contributed by atoms with Crippen LogP contribution in [0.5, 0.6) is 0 Å². The van der Waals surface area contributed by atoms with Gasteiger partial charge in [0.25, 0.3) is 0 Å². The fourth-order valence-corrected chi connectivity index (χ4v) is 1.90. The molecule has 1 rings (SSSR count). The van der Waals surface area contributed by atoms with Crippen LogP contribution < -0.4 is 0 Å². The predicted molar refractivity (Wildman–Crippen MR) is 70.5 cm³/mol. The summed E-state index contributed by atoms with van der Waals surface area (Å²) < 4.78 is 9.89. The lowest BCUT2D eigenvalue weighted by Crippen LogP contribution is -2.47. The van der Waals surface area contributed by atoms with Crippen LogP contribution in [0.1, 0.15) is 6.92 Å². The Balaban J connectivity index is 2.13. The fourth-order valence-electron chi connectivity index (χ4n) is 1.90. The van der Waals surface area contributed by atoms with Crippen molar-refractivity contribution in [2.45, 2.75) is 6.92 Å². The number of carbonyl (C=O) groups excluding carboxylic acids is 1. The number of nitrogens with zero attached hydrogens (tertiary/aromatic N) is 2. The zero-order valence-electron chi connectivity index (χ0n) is 11.4. The molecule has 0 amide bonds. The molecule has 0 aromatic rings. The standard InChI is InChI=1S/C13H24N2O3/c1-3-18-13(16)5-4-6-14-7-9-15(10-8-14)11-12-17-2/h4-5H,3,6-12H2,1-2H3/b5-4+. The van der Waals surface area contributed by atoms with Crippen molar-refractivity contribution >= 4 is 5.97 Å². The van der Waals surface area contributed by atoms with E-state index in [1.54, 1.807) is 7.11 Å². The van der Waals surface area contributed by atoms with Gasteiger partial charge in [0.2, 0.25) is 0 Å². The van der Waals surface area contributed by atoms with Crippen molar-refractivity contribution in [3.63, 3.8) is 0 Å². The topological polar surface area (TPSA) is 42.0 Å². The van der Waals surface area contributed by atoms with Gasteiger partial charge in [-0.05, 0) is 6.92 Å². The van der Waals surface area contributed by atoms with Crippen LogP contribution in [0.25, 0.3) is 0 Å². The average Bonchev–Trinajstić information content (AvgIpc) is 2.38. The Hall–Kier alpha value is -0.910. The van der Waals surface area contributed by atoms with E-state index in [0.29, 0.717) is 6.61 Å². The lowest BCUT2D eigenvalue weighted by molar-refractivity contribution is -0.137. The Bertz CT molecular complexity index is 261. The maximum Gasteiger partial charge on any atom is 0.330 e. The van der Waals surface area contributed by atoms with Crippen molar-refractivity contribution in [2.75, 3.05) is 59.6 Å². The molecular weight excluding hydrogens is 232 g/mol. The molecule has 0 unspecified atom stereocenters. The van der Waals surface area contributed by atoms with Gasteiger partial charge >= 0.3 is 5.97 Å². The molecule has 0 aliphatic carbocycles. The molecule has 0 saturated carbocycles. The van der Waals surface area contributed by atoms with E-state index in [1.165, 1.54) is 6.08 Å². The van der Waals surface area contributed by atoms with Gasteiger partial charge in [-0.25, -0.2) is 4.79 Å². The Morgan fingerprint density at radius 2 is 1.89 bits per heavy atom. The Morgan fingerprint density at radius 3 is 2.50 bits per heavy atom. The second kappa shape index (κ2) is 9.08. The van der Waals surface area contributed by atoms with Crippen LogP contribution >= 0.6 is 0 Å². The van der Waals surface area contributed by atoms with Crippen LogP contribution in [0.2, 0.25) is 0 Å². The molecule has 0 spiro atoms. The quantitative estimate of drug-likeness (QED) is 0.486. The molecule has 1 aliphatic rings. The molecule has 0 atom stereocenters. The molecule has 1 saturated heterocycles. The van der Waals surface area contributed by atoms with Crippen molar-refractivity contribution in [3.8, 4) is 0 Å². The SMILES string of the molecule is CCOC(=O)/C=C/CN1CCN(CCOC)CC1. The molecular formula is C13H24N2O3. The monoisotopic (exact) mass is 256 g/mol. The van der Waals surface area contributed by atoms with Crippen molar-refractivity contribution in [3.05, 3.63) is 12.2 Å². The van der Waals surface area contributed by atoms with Gasteiger partial charge in [-0.2, -0.15) is 0 Å². The predicted octanol–water partition coefficient (Wildman–Crippen LogP) is 0.370. The summed E-state index contributed by atoms with van der Waals surface area (Å²) in [6.07, 6.45) is 3.39. The van der Waals surface area contributed by atoms with Crippen molar-refractivity contribution in [1.29, 1.82) is 0 Å². The van der Waals surface area contributed by atoms with Gasteiger partial charge in [0.15, 0.2) is 0 Å². The minimum atomic E-state index is -0.253. The first kappa shape index (κ1) is 15.1. The first-order valence-corrected chi connectivity index (χ1v) is 6.53. The second-order valence-electron chi connectivity index (χ2n) is 4.29. The summed E-state index contributed by atoms with van der Waals surface area (Å²) in [5, 5.41) is 0. The lowest BCUT2D eigenvalue weighted by Gasteiger charge is -2.33. The first-order chi connectivity index (χ1) is 8.76. The molecule has 1 fully saturated rings. The van der Waals surface area contributed by atoms with Crippen LogP contribution in [0.15, 0.2) is 12.2 Å². The van der Waals surface area contributed by atoms with E-state index >= 15 is 0 Å². The number of hydrogen-bond acceptors (Lipinski definition) is 5. The third-order valence-corrected chi connectivity index (χ3v) is 2.98. The summed E-state index contributed by atoms with van der Waals surface area (Å²) in [7, 11) is 1.73. The second-order valence-corrected chi connectivity index (χ2v) is 4.29. The van der Waals surface area contributed by atoms with E-state index < -0.39 is 0 Å². The average molecular weight is 256 g/mol. The van der Waals surface area contributed by atoms with E-state index in [4.69, 9.17) is 9.47 Å². The van der Waals surface area contributed by atoms with E-state index in [-0.39, 0.29) is 5.97 Å². The van der Waals surface area contributed by atoms with E-state index in [9.17, 15) is 4.79 Å². The smallest absolute Gasteiger partial charge is 0.330 e. The van der Waals surface area contributed by atoms with Gasteiger partial charge in [-0.1, -0.05) is 6.08 Å². The van der Waals surface area contributed by atoms with Crippen LogP contribution in [0, 0.1) is 0 Å². The third kappa shape index (κ3) is 6.14. The largest absolute Gasteiger partial charge is 0.463 e. The number of methoxy groups -OCH3 is 1. The summed E-state index contributed by atoms with van der Waals surface area (Å²) in [6, 6.07) is 0. The summed E-state index contributed by atoms with van der Waals surface area (Å²) in [5.74, 6) is -0.253. The molecule has 1 heterocycles. The van der Waals surface area contributed by atoms with Gasteiger partial charge in [0.1, 0.15) is 0 Å². The Labute approximate surface area is 109 Å². The number of piperazine rings is 1.